The zero-order valence-corrected chi connectivity index (χ0v) is 19.2. The van der Waals surface area contributed by atoms with E-state index >= 15 is 0 Å². The fourth-order valence-corrected chi connectivity index (χ4v) is 4.56. The summed E-state index contributed by atoms with van der Waals surface area (Å²) in [5, 5.41) is 7.41. The lowest BCUT2D eigenvalue weighted by molar-refractivity contribution is 0.602. The van der Waals surface area contributed by atoms with Gasteiger partial charge in [-0.3, -0.25) is 4.98 Å². The zero-order chi connectivity index (χ0) is 23.5. The average molecular weight is 481 g/mol. The third-order valence-corrected chi connectivity index (χ3v) is 6.31. The Kier molecular flexibility index (Phi) is 6.37. The van der Waals surface area contributed by atoms with Crippen molar-refractivity contribution in [1.82, 2.24) is 35.2 Å². The van der Waals surface area contributed by atoms with Gasteiger partial charge in [0.05, 0.1) is 22.8 Å². The molecule has 174 valence electrons. The standard InChI is InChI=1S/C23H22F2N8S/c1-13-9-15(25)20-16(10-13)31-18(32-20)4-7-26-8-5-19-33-21-22(29-12-30-23(21)34-19)28-11-17-14(24)3-2-6-27-17/h2-3,6,9-10,12,26H,4-5,7-8,11H2,1H3,(H,31,32)(H,28,29,30). The van der Waals surface area contributed by atoms with Crippen molar-refractivity contribution in [3.63, 3.8) is 0 Å². The first kappa shape index (κ1) is 22.2. The van der Waals surface area contributed by atoms with Crippen molar-refractivity contribution in [2.75, 3.05) is 18.4 Å². The van der Waals surface area contributed by atoms with Crippen LogP contribution in [0.15, 0.2) is 36.8 Å². The second-order valence-electron chi connectivity index (χ2n) is 7.85. The summed E-state index contributed by atoms with van der Waals surface area (Å²) in [5.74, 6) is 0.636. The maximum absolute atomic E-state index is 14.0. The van der Waals surface area contributed by atoms with Gasteiger partial charge in [-0.15, -0.1) is 0 Å². The summed E-state index contributed by atoms with van der Waals surface area (Å²) in [7, 11) is 0. The molecule has 0 aliphatic carbocycles. The predicted molar refractivity (Wildman–Crippen MR) is 128 cm³/mol. The largest absolute Gasteiger partial charge is 0.362 e. The number of aryl methyl sites for hydroxylation is 1. The Labute approximate surface area is 197 Å². The molecule has 1 aromatic carbocycles. The minimum Gasteiger partial charge on any atom is -0.362 e. The molecule has 0 radical (unpaired) electrons. The number of hydrogen-bond donors (Lipinski definition) is 3. The lowest BCUT2D eigenvalue weighted by Gasteiger charge is -2.05. The molecule has 0 atom stereocenters. The fourth-order valence-electron chi connectivity index (χ4n) is 3.66. The molecule has 4 heterocycles. The summed E-state index contributed by atoms with van der Waals surface area (Å²) in [4.78, 5) is 25.6. The summed E-state index contributed by atoms with van der Waals surface area (Å²) < 4.78 is 27.9. The van der Waals surface area contributed by atoms with Gasteiger partial charge in [-0.25, -0.2) is 28.7 Å². The Bertz CT molecular complexity index is 1450. The number of hydrogen-bond acceptors (Lipinski definition) is 8. The van der Waals surface area contributed by atoms with Crippen molar-refractivity contribution >= 4 is 38.5 Å². The molecule has 0 bridgehead atoms. The SMILES string of the molecule is Cc1cc(F)c2nc(CCNCCc3nc4c(NCc5ncccc5F)ncnc4s3)[nH]c2c1. The molecule has 0 saturated carbocycles. The summed E-state index contributed by atoms with van der Waals surface area (Å²) in [6.07, 6.45) is 4.41. The minimum atomic E-state index is -0.367. The monoisotopic (exact) mass is 480 g/mol. The number of H-pyrrole nitrogens is 1. The van der Waals surface area contributed by atoms with Gasteiger partial charge < -0.3 is 15.6 Å². The van der Waals surface area contributed by atoms with Crippen LogP contribution >= 0.6 is 11.3 Å². The normalized spacial score (nSPS) is 11.5. The fraction of sp³-hybridized carbons (Fsp3) is 0.261. The highest BCUT2D eigenvalue weighted by Gasteiger charge is 2.12. The molecule has 0 spiro atoms. The summed E-state index contributed by atoms with van der Waals surface area (Å²) in [6.45, 7) is 3.49. The van der Waals surface area contributed by atoms with Gasteiger partial charge in [-0.05, 0) is 36.8 Å². The number of anilines is 1. The molecule has 0 amide bonds. The molecular weight excluding hydrogens is 458 g/mol. The third kappa shape index (κ3) is 4.85. The number of pyridine rings is 1. The van der Waals surface area contributed by atoms with Crippen LogP contribution in [0.2, 0.25) is 0 Å². The van der Waals surface area contributed by atoms with Crippen molar-refractivity contribution in [2.45, 2.75) is 26.3 Å². The van der Waals surface area contributed by atoms with E-state index in [-0.39, 0.29) is 18.2 Å². The molecule has 4 aromatic heterocycles. The molecule has 8 nitrogen and oxygen atoms in total. The zero-order valence-electron chi connectivity index (χ0n) is 18.4. The molecule has 0 unspecified atom stereocenters. The van der Waals surface area contributed by atoms with Crippen LogP contribution in [0.1, 0.15) is 22.1 Å². The van der Waals surface area contributed by atoms with Crippen LogP contribution in [0.25, 0.3) is 21.4 Å². The molecule has 11 heteroatoms. The number of benzene rings is 1. The van der Waals surface area contributed by atoms with Gasteiger partial charge in [0.1, 0.15) is 33.8 Å². The van der Waals surface area contributed by atoms with E-state index in [1.807, 2.05) is 13.0 Å². The number of imidazole rings is 1. The minimum absolute atomic E-state index is 0.207. The number of halogens is 2. The Morgan fingerprint density at radius 3 is 2.76 bits per heavy atom. The Hall–Kier alpha value is -3.57. The van der Waals surface area contributed by atoms with Crippen molar-refractivity contribution in [2.24, 2.45) is 0 Å². The van der Waals surface area contributed by atoms with Gasteiger partial charge in [0.15, 0.2) is 11.6 Å². The molecule has 5 rings (SSSR count). The quantitative estimate of drug-likeness (QED) is 0.275. The Morgan fingerprint density at radius 2 is 1.88 bits per heavy atom. The van der Waals surface area contributed by atoms with Crippen LogP contribution in [0, 0.1) is 18.6 Å². The topological polar surface area (TPSA) is 104 Å². The Morgan fingerprint density at radius 1 is 1.00 bits per heavy atom. The lowest BCUT2D eigenvalue weighted by atomic mass is 10.2. The van der Waals surface area contributed by atoms with Gasteiger partial charge in [-0.1, -0.05) is 11.3 Å². The number of fused-ring (bicyclic) bond motifs is 2. The van der Waals surface area contributed by atoms with E-state index < -0.39 is 0 Å². The van der Waals surface area contributed by atoms with E-state index in [4.69, 9.17) is 0 Å². The molecule has 0 saturated heterocycles. The number of rotatable bonds is 9. The van der Waals surface area contributed by atoms with E-state index in [0.29, 0.717) is 35.5 Å². The Balaban J connectivity index is 1.15. The van der Waals surface area contributed by atoms with Gasteiger partial charge in [0, 0.05) is 32.1 Å². The van der Waals surface area contributed by atoms with Crippen LogP contribution in [0.4, 0.5) is 14.6 Å². The van der Waals surface area contributed by atoms with E-state index in [1.165, 1.54) is 29.8 Å². The average Bonchev–Trinajstić information content (AvgIpc) is 3.42. The second-order valence-corrected chi connectivity index (χ2v) is 8.91. The van der Waals surface area contributed by atoms with Gasteiger partial charge in [0.25, 0.3) is 0 Å². The smallest absolute Gasteiger partial charge is 0.157 e. The van der Waals surface area contributed by atoms with Crippen LogP contribution < -0.4 is 10.6 Å². The highest BCUT2D eigenvalue weighted by atomic mass is 32.1. The summed E-state index contributed by atoms with van der Waals surface area (Å²) >= 11 is 1.50. The maximum Gasteiger partial charge on any atom is 0.157 e. The first-order valence-electron chi connectivity index (χ1n) is 10.9. The summed E-state index contributed by atoms with van der Waals surface area (Å²) in [6, 6.07) is 6.32. The highest BCUT2D eigenvalue weighted by molar-refractivity contribution is 7.18. The molecule has 5 aromatic rings. The van der Waals surface area contributed by atoms with Gasteiger partial charge in [-0.2, -0.15) is 0 Å². The molecule has 0 aliphatic heterocycles. The molecule has 0 fully saturated rings. The van der Waals surface area contributed by atoms with Crippen molar-refractivity contribution in [1.29, 1.82) is 0 Å². The molecular formula is C23H22F2N8S. The first-order valence-corrected chi connectivity index (χ1v) is 11.7. The first-order chi connectivity index (χ1) is 16.6. The van der Waals surface area contributed by atoms with E-state index in [1.54, 1.807) is 12.3 Å². The van der Waals surface area contributed by atoms with Crippen LogP contribution in [-0.2, 0) is 19.4 Å². The van der Waals surface area contributed by atoms with Gasteiger partial charge in [0.2, 0.25) is 0 Å². The summed E-state index contributed by atoms with van der Waals surface area (Å²) in [5.41, 5.74) is 2.94. The highest BCUT2D eigenvalue weighted by Crippen LogP contribution is 2.25. The number of aromatic nitrogens is 6. The van der Waals surface area contributed by atoms with E-state index in [0.717, 1.165) is 39.7 Å². The lowest BCUT2D eigenvalue weighted by Crippen LogP contribution is -2.20. The number of nitrogens with zero attached hydrogens (tertiary/aromatic N) is 5. The van der Waals surface area contributed by atoms with Crippen molar-refractivity contribution < 1.29 is 8.78 Å². The van der Waals surface area contributed by atoms with Crippen molar-refractivity contribution in [3.05, 3.63) is 70.5 Å². The molecule has 3 N–H and O–H groups in total. The molecule has 0 aliphatic rings. The van der Waals surface area contributed by atoms with Gasteiger partial charge >= 0.3 is 0 Å². The number of thiazole rings is 1. The third-order valence-electron chi connectivity index (χ3n) is 5.29. The predicted octanol–water partition coefficient (Wildman–Crippen LogP) is 3.93. The van der Waals surface area contributed by atoms with E-state index in [9.17, 15) is 8.78 Å². The van der Waals surface area contributed by atoms with Crippen LogP contribution in [0.5, 0.6) is 0 Å². The van der Waals surface area contributed by atoms with Crippen molar-refractivity contribution in [3.8, 4) is 0 Å². The van der Waals surface area contributed by atoms with E-state index in [2.05, 4.69) is 40.5 Å². The number of aromatic amines is 1. The van der Waals surface area contributed by atoms with Crippen LogP contribution in [-0.4, -0.2) is 43.0 Å². The maximum atomic E-state index is 14.0. The second kappa shape index (κ2) is 9.74. The van der Waals surface area contributed by atoms with Crippen LogP contribution in [0.3, 0.4) is 0 Å². The molecule has 34 heavy (non-hydrogen) atoms. The number of nitrogens with one attached hydrogen (secondary N) is 3.